The number of carbonyl (C=O) groups excluding carboxylic acids is 2. The summed E-state index contributed by atoms with van der Waals surface area (Å²) in [4.78, 5) is 42.7. The van der Waals surface area contributed by atoms with Gasteiger partial charge < -0.3 is 0 Å². The molecule has 0 atom stereocenters. The van der Waals surface area contributed by atoms with Crippen molar-refractivity contribution in [3.63, 3.8) is 0 Å². The monoisotopic (exact) mass is 662 g/mol. The first-order valence-corrected chi connectivity index (χ1v) is 16.0. The molecule has 0 unspecified atom stereocenters. The second kappa shape index (κ2) is 13.9. The van der Waals surface area contributed by atoms with Gasteiger partial charge in [0.1, 0.15) is 5.71 Å². The number of anilines is 2. The molecule has 1 aromatic heterocycles. The van der Waals surface area contributed by atoms with E-state index in [9.17, 15) is 19.7 Å². The summed E-state index contributed by atoms with van der Waals surface area (Å²) in [5.41, 5.74) is 7.20. The predicted molar refractivity (Wildman–Crippen MR) is 186 cm³/mol. The largest absolute Gasteiger partial charge is 0.303 e. The van der Waals surface area contributed by atoms with Crippen LogP contribution >= 0.6 is 22.9 Å². The minimum Gasteiger partial charge on any atom is -0.289 e. The highest BCUT2D eigenvalue weighted by molar-refractivity contribution is 7.14. The zero-order chi connectivity index (χ0) is 32.9. The van der Waals surface area contributed by atoms with Crippen LogP contribution in [0.5, 0.6) is 0 Å². The van der Waals surface area contributed by atoms with E-state index in [1.165, 1.54) is 52.2 Å². The van der Waals surface area contributed by atoms with Crippen molar-refractivity contribution < 1.29 is 14.5 Å². The highest BCUT2D eigenvalue weighted by Crippen LogP contribution is 2.31. The van der Waals surface area contributed by atoms with E-state index in [1.807, 2.05) is 23.6 Å². The van der Waals surface area contributed by atoms with Gasteiger partial charge in [0.15, 0.2) is 11.5 Å². The van der Waals surface area contributed by atoms with E-state index in [-0.39, 0.29) is 28.5 Å². The number of nitro groups is 1. The van der Waals surface area contributed by atoms with Gasteiger partial charge >= 0.3 is 5.91 Å². The number of hydrazone groups is 2. The molecule has 1 aliphatic heterocycles. The van der Waals surface area contributed by atoms with Crippen LogP contribution in [0.25, 0.3) is 11.3 Å². The quantitative estimate of drug-likeness (QED) is 0.0863. The number of rotatable bonds is 11. The zero-order valence-corrected chi connectivity index (χ0v) is 26.7. The molecule has 0 saturated heterocycles. The minimum atomic E-state index is -0.563. The molecule has 0 fully saturated rings. The van der Waals surface area contributed by atoms with Crippen LogP contribution in [0.4, 0.5) is 16.5 Å². The Balaban J connectivity index is 1.34. The number of hydrogen-bond donors (Lipinski definition) is 1. The van der Waals surface area contributed by atoms with Crippen molar-refractivity contribution in [3.05, 3.63) is 140 Å². The van der Waals surface area contributed by atoms with Gasteiger partial charge in [0, 0.05) is 44.8 Å². The summed E-state index contributed by atoms with van der Waals surface area (Å²) in [6.45, 7) is 2.16. The first-order valence-electron chi connectivity index (χ1n) is 14.8. The third-order valence-corrected chi connectivity index (χ3v) is 8.51. The van der Waals surface area contributed by atoms with Gasteiger partial charge in [-0.2, -0.15) is 15.2 Å². The Morgan fingerprint density at radius 1 is 1.00 bits per heavy atom. The maximum atomic E-state index is 13.9. The van der Waals surface area contributed by atoms with Gasteiger partial charge in [-0.1, -0.05) is 79.5 Å². The Labute approximate surface area is 279 Å². The van der Waals surface area contributed by atoms with E-state index in [2.05, 4.69) is 34.7 Å². The van der Waals surface area contributed by atoms with Crippen molar-refractivity contribution in [1.29, 1.82) is 0 Å². The molecule has 4 aromatic carbocycles. The fourth-order valence-corrected chi connectivity index (χ4v) is 5.89. The molecule has 0 bridgehead atoms. The van der Waals surface area contributed by atoms with Gasteiger partial charge in [0.05, 0.1) is 16.3 Å². The Bertz CT molecular complexity index is 2030. The zero-order valence-electron chi connectivity index (χ0n) is 25.1. The SMILES string of the molecule is CCCCc1ccc(-c2csc(N3N=C(c4ccc([N+](=O)[O-])cc4)C(=NNc4ccc(Cl)cc4C(=O)c4ccccc4)C3=O)n2)cc1. The third-order valence-electron chi connectivity index (χ3n) is 7.46. The molecule has 1 aliphatic rings. The molecule has 2 heterocycles. The number of nitrogens with one attached hydrogen (secondary N) is 1. The van der Waals surface area contributed by atoms with Gasteiger partial charge in [-0.25, -0.2) is 4.98 Å². The normalized spacial score (nSPS) is 13.6. The van der Waals surface area contributed by atoms with Crippen molar-refractivity contribution in [1.82, 2.24) is 4.98 Å². The lowest BCUT2D eigenvalue weighted by atomic mass is 10.0. The average molecular weight is 663 g/mol. The lowest BCUT2D eigenvalue weighted by Crippen LogP contribution is -2.28. The Hall–Kier alpha value is -5.52. The van der Waals surface area contributed by atoms with Crippen LogP contribution in [0, 0.1) is 10.1 Å². The molecule has 0 saturated carbocycles. The number of benzene rings is 4. The van der Waals surface area contributed by atoms with Gasteiger partial charge in [-0.3, -0.25) is 25.1 Å². The van der Waals surface area contributed by atoms with Crippen LogP contribution in [0.15, 0.2) is 113 Å². The van der Waals surface area contributed by atoms with Gasteiger partial charge in [-0.15, -0.1) is 11.3 Å². The number of nitro benzene ring substituents is 1. The van der Waals surface area contributed by atoms with Crippen LogP contribution in [-0.4, -0.2) is 33.0 Å². The molecule has 1 N–H and O–H groups in total. The van der Waals surface area contributed by atoms with E-state index in [0.29, 0.717) is 32.7 Å². The summed E-state index contributed by atoms with van der Waals surface area (Å²) in [7, 11) is 0. The summed E-state index contributed by atoms with van der Waals surface area (Å²) < 4.78 is 0. The molecular formula is C35H27ClN6O4S. The maximum absolute atomic E-state index is 13.9. The number of non-ortho nitro benzene ring substituents is 1. The van der Waals surface area contributed by atoms with Gasteiger partial charge in [0.25, 0.3) is 5.69 Å². The topological polar surface area (TPSA) is 130 Å². The van der Waals surface area contributed by atoms with Crippen LogP contribution in [0.2, 0.25) is 5.02 Å². The summed E-state index contributed by atoms with van der Waals surface area (Å²) in [6, 6.07) is 27.3. The molecule has 10 nitrogen and oxygen atoms in total. The van der Waals surface area contributed by atoms with E-state index >= 15 is 0 Å². The fourth-order valence-electron chi connectivity index (χ4n) is 4.94. The van der Waals surface area contributed by atoms with Crippen molar-refractivity contribution in [3.8, 4) is 11.3 Å². The number of aromatic nitrogens is 1. The molecule has 12 heteroatoms. The third kappa shape index (κ3) is 6.86. The number of aryl methyl sites for hydroxylation is 1. The number of hydrogen-bond acceptors (Lipinski definition) is 9. The van der Waals surface area contributed by atoms with Crippen LogP contribution in [0.3, 0.4) is 0 Å². The summed E-state index contributed by atoms with van der Waals surface area (Å²) in [6.07, 6.45) is 3.25. The number of unbranched alkanes of at least 4 members (excludes halogenated alkanes) is 1. The Morgan fingerprint density at radius 2 is 1.72 bits per heavy atom. The molecule has 5 aromatic rings. The van der Waals surface area contributed by atoms with Gasteiger partial charge in [0.2, 0.25) is 5.13 Å². The summed E-state index contributed by atoms with van der Waals surface area (Å²) in [5.74, 6) is -0.847. The first kappa shape index (κ1) is 31.5. The summed E-state index contributed by atoms with van der Waals surface area (Å²) >= 11 is 7.50. The van der Waals surface area contributed by atoms with Crippen LogP contribution < -0.4 is 10.4 Å². The second-order valence-corrected chi connectivity index (χ2v) is 11.9. The number of carbonyl (C=O) groups is 2. The van der Waals surface area contributed by atoms with Crippen LogP contribution in [-0.2, 0) is 11.2 Å². The second-order valence-electron chi connectivity index (χ2n) is 10.6. The number of nitrogens with zero attached hydrogens (tertiary/aromatic N) is 5. The number of amides is 1. The standard InChI is InChI=1S/C35H27ClN6O4S/c1-2-3-7-22-10-12-23(13-11-22)30-21-47-35(37-30)41-34(44)32(31(40-41)24-14-17-27(18-15-24)42(45)46)39-38-29-19-16-26(36)20-28(29)33(43)25-8-5-4-6-9-25/h4-6,8-21,38H,2-3,7H2,1H3. The van der Waals surface area contributed by atoms with E-state index in [4.69, 9.17) is 16.6 Å². The Kier molecular flexibility index (Phi) is 9.28. The van der Waals surface area contributed by atoms with E-state index in [0.717, 1.165) is 24.8 Å². The fraction of sp³-hybridized carbons (Fsp3) is 0.114. The highest BCUT2D eigenvalue weighted by atomic mass is 35.5. The van der Waals surface area contributed by atoms with Crippen molar-refractivity contribution in [2.75, 3.05) is 10.4 Å². The lowest BCUT2D eigenvalue weighted by molar-refractivity contribution is -0.384. The lowest BCUT2D eigenvalue weighted by Gasteiger charge is -2.10. The van der Waals surface area contributed by atoms with Gasteiger partial charge in [-0.05, 0) is 48.7 Å². The molecule has 0 spiro atoms. The predicted octanol–water partition coefficient (Wildman–Crippen LogP) is 8.16. The Morgan fingerprint density at radius 3 is 2.43 bits per heavy atom. The number of thiazole rings is 1. The van der Waals surface area contributed by atoms with Crippen LogP contribution in [0.1, 0.15) is 46.8 Å². The maximum Gasteiger partial charge on any atom is 0.303 e. The average Bonchev–Trinajstić information content (AvgIpc) is 3.71. The van der Waals surface area contributed by atoms with E-state index in [1.54, 1.807) is 36.4 Å². The molecule has 6 rings (SSSR count). The van der Waals surface area contributed by atoms with E-state index < -0.39 is 10.8 Å². The molecule has 234 valence electrons. The summed E-state index contributed by atoms with van der Waals surface area (Å²) in [5, 5.41) is 24.0. The number of halogens is 1. The van der Waals surface area contributed by atoms with Crippen molar-refractivity contribution >= 4 is 62.6 Å². The minimum absolute atomic E-state index is 0.0658. The number of ketones is 1. The molecule has 1 amide bonds. The van der Waals surface area contributed by atoms with Crippen molar-refractivity contribution in [2.45, 2.75) is 26.2 Å². The first-order chi connectivity index (χ1) is 22.8. The molecular weight excluding hydrogens is 636 g/mol. The highest BCUT2D eigenvalue weighted by Gasteiger charge is 2.36. The molecule has 0 radical (unpaired) electrons. The van der Waals surface area contributed by atoms with Crippen molar-refractivity contribution in [2.24, 2.45) is 10.2 Å². The smallest absolute Gasteiger partial charge is 0.289 e. The molecule has 0 aliphatic carbocycles. The molecule has 47 heavy (non-hydrogen) atoms.